The summed E-state index contributed by atoms with van der Waals surface area (Å²) in [5.74, 6) is 1.76. The van der Waals surface area contributed by atoms with Gasteiger partial charge >= 0.3 is 0 Å². The Morgan fingerprint density at radius 2 is 2.30 bits per heavy atom. The first kappa shape index (κ1) is 15.7. The van der Waals surface area contributed by atoms with E-state index in [9.17, 15) is 4.79 Å². The predicted molar refractivity (Wildman–Crippen MR) is 87.0 cm³/mol. The molecular weight excluding hydrogens is 294 g/mol. The highest BCUT2D eigenvalue weighted by Crippen LogP contribution is 2.27. The van der Waals surface area contributed by atoms with E-state index >= 15 is 0 Å². The van der Waals surface area contributed by atoms with Crippen LogP contribution in [0.25, 0.3) is 0 Å². The number of aromatic nitrogens is 2. The fraction of sp³-hybridized carbons (Fsp3) is 0.714. The lowest BCUT2D eigenvalue weighted by atomic mass is 9.85. The SMILES string of the molecule is CSCCCCNc1c(Cl)cnn(CC2CCC2)c1=O. The van der Waals surface area contributed by atoms with E-state index in [-0.39, 0.29) is 5.56 Å². The number of nitrogens with zero attached hydrogens (tertiary/aromatic N) is 2. The van der Waals surface area contributed by atoms with Crippen molar-refractivity contribution in [1.82, 2.24) is 9.78 Å². The van der Waals surface area contributed by atoms with Crippen LogP contribution in [0, 0.1) is 5.92 Å². The van der Waals surface area contributed by atoms with Gasteiger partial charge in [-0.25, -0.2) is 4.68 Å². The third-order valence-corrected chi connectivity index (χ3v) is 4.71. The Bertz CT molecular complexity index is 488. The molecule has 6 heteroatoms. The minimum absolute atomic E-state index is 0.0886. The van der Waals surface area contributed by atoms with Gasteiger partial charge in [-0.3, -0.25) is 4.79 Å². The van der Waals surface area contributed by atoms with E-state index in [1.54, 1.807) is 10.9 Å². The lowest BCUT2D eigenvalue weighted by Crippen LogP contribution is -2.31. The molecule has 1 aromatic heterocycles. The highest BCUT2D eigenvalue weighted by molar-refractivity contribution is 7.98. The van der Waals surface area contributed by atoms with Crippen molar-refractivity contribution in [3.8, 4) is 0 Å². The highest BCUT2D eigenvalue weighted by atomic mass is 35.5. The topological polar surface area (TPSA) is 46.9 Å². The highest BCUT2D eigenvalue weighted by Gasteiger charge is 2.20. The largest absolute Gasteiger partial charge is 0.379 e. The molecule has 112 valence electrons. The normalized spacial score (nSPS) is 15.1. The summed E-state index contributed by atoms with van der Waals surface area (Å²) in [6.45, 7) is 1.50. The fourth-order valence-electron chi connectivity index (χ4n) is 2.26. The number of rotatable bonds is 8. The summed E-state index contributed by atoms with van der Waals surface area (Å²) in [5, 5.41) is 7.74. The van der Waals surface area contributed by atoms with Crippen molar-refractivity contribution in [2.45, 2.75) is 38.6 Å². The molecule has 1 saturated carbocycles. The van der Waals surface area contributed by atoms with Crippen molar-refractivity contribution in [3.05, 3.63) is 21.6 Å². The summed E-state index contributed by atoms with van der Waals surface area (Å²) in [7, 11) is 0. The zero-order valence-corrected chi connectivity index (χ0v) is 13.5. The smallest absolute Gasteiger partial charge is 0.291 e. The monoisotopic (exact) mass is 315 g/mol. The van der Waals surface area contributed by atoms with Crippen LogP contribution in [0.5, 0.6) is 0 Å². The van der Waals surface area contributed by atoms with Crippen LogP contribution in [-0.4, -0.2) is 28.3 Å². The summed E-state index contributed by atoms with van der Waals surface area (Å²) in [5.41, 5.74) is 0.416. The van der Waals surface area contributed by atoms with Crippen LogP contribution in [0.15, 0.2) is 11.0 Å². The van der Waals surface area contributed by atoms with Gasteiger partial charge in [0.1, 0.15) is 5.69 Å². The Kier molecular flexibility index (Phi) is 6.23. The molecule has 0 bridgehead atoms. The lowest BCUT2D eigenvalue weighted by Gasteiger charge is -2.25. The van der Waals surface area contributed by atoms with E-state index in [2.05, 4.69) is 16.7 Å². The number of unbranched alkanes of at least 4 members (excludes halogenated alkanes) is 1. The van der Waals surface area contributed by atoms with Gasteiger partial charge in [-0.2, -0.15) is 16.9 Å². The second kappa shape index (κ2) is 7.93. The minimum Gasteiger partial charge on any atom is -0.379 e. The molecule has 1 aliphatic rings. The van der Waals surface area contributed by atoms with Crippen molar-refractivity contribution in [1.29, 1.82) is 0 Å². The quantitative estimate of drug-likeness (QED) is 0.748. The fourth-order valence-corrected chi connectivity index (χ4v) is 2.95. The standard InChI is InChI=1S/C14H22ClN3OS/c1-20-8-3-2-7-16-13-12(15)9-17-18(14(13)19)10-11-5-4-6-11/h9,11,16H,2-8,10H2,1H3. The maximum Gasteiger partial charge on any atom is 0.291 e. The molecule has 20 heavy (non-hydrogen) atoms. The second-order valence-corrected chi connectivity index (χ2v) is 6.67. The zero-order valence-electron chi connectivity index (χ0n) is 11.9. The number of anilines is 1. The van der Waals surface area contributed by atoms with E-state index < -0.39 is 0 Å². The van der Waals surface area contributed by atoms with E-state index in [1.165, 1.54) is 19.3 Å². The molecule has 0 radical (unpaired) electrons. The molecule has 1 fully saturated rings. The first-order valence-electron chi connectivity index (χ1n) is 7.21. The Hall–Kier alpha value is -0.680. The van der Waals surface area contributed by atoms with Gasteiger partial charge in [0.05, 0.1) is 11.2 Å². The van der Waals surface area contributed by atoms with Gasteiger partial charge in [0.25, 0.3) is 5.56 Å². The third kappa shape index (κ3) is 4.16. The van der Waals surface area contributed by atoms with Gasteiger partial charge in [-0.15, -0.1) is 0 Å². The van der Waals surface area contributed by atoms with Crippen LogP contribution in [0.2, 0.25) is 5.02 Å². The van der Waals surface area contributed by atoms with Crippen molar-refractivity contribution in [2.24, 2.45) is 5.92 Å². The van der Waals surface area contributed by atoms with Crippen LogP contribution < -0.4 is 10.9 Å². The Labute approximate surface area is 129 Å². The first-order valence-corrected chi connectivity index (χ1v) is 8.98. The molecule has 2 rings (SSSR count). The average molecular weight is 316 g/mol. The molecule has 0 atom stereocenters. The molecular formula is C14H22ClN3OS. The first-order chi connectivity index (χ1) is 9.72. The number of hydrogen-bond acceptors (Lipinski definition) is 4. The van der Waals surface area contributed by atoms with Crippen LogP contribution >= 0.6 is 23.4 Å². The van der Waals surface area contributed by atoms with E-state index in [0.29, 0.717) is 16.6 Å². The van der Waals surface area contributed by atoms with Crippen LogP contribution in [0.1, 0.15) is 32.1 Å². The third-order valence-electron chi connectivity index (χ3n) is 3.73. The molecule has 0 aromatic carbocycles. The molecule has 1 aliphatic carbocycles. The molecule has 0 unspecified atom stereocenters. The number of nitrogens with one attached hydrogen (secondary N) is 1. The van der Waals surface area contributed by atoms with Crippen molar-refractivity contribution < 1.29 is 0 Å². The molecule has 0 saturated heterocycles. The predicted octanol–water partition coefficient (Wildman–Crippen LogP) is 3.25. The zero-order chi connectivity index (χ0) is 14.4. The number of hydrogen-bond donors (Lipinski definition) is 1. The van der Waals surface area contributed by atoms with Gasteiger partial charge in [-0.05, 0) is 43.6 Å². The van der Waals surface area contributed by atoms with Crippen LogP contribution in [-0.2, 0) is 6.54 Å². The van der Waals surface area contributed by atoms with E-state index in [1.807, 2.05) is 11.8 Å². The summed E-state index contributed by atoms with van der Waals surface area (Å²) < 4.78 is 1.56. The van der Waals surface area contributed by atoms with Gasteiger partial charge in [0, 0.05) is 13.1 Å². The molecule has 4 nitrogen and oxygen atoms in total. The molecule has 1 heterocycles. The van der Waals surface area contributed by atoms with Crippen LogP contribution in [0.3, 0.4) is 0 Å². The van der Waals surface area contributed by atoms with Crippen molar-refractivity contribution >= 4 is 29.1 Å². The number of halogens is 1. The van der Waals surface area contributed by atoms with Gasteiger partial charge < -0.3 is 5.32 Å². The summed E-state index contributed by atoms with van der Waals surface area (Å²) in [6.07, 6.45) is 9.54. The Balaban J connectivity index is 1.95. The van der Waals surface area contributed by atoms with Crippen LogP contribution in [0.4, 0.5) is 5.69 Å². The van der Waals surface area contributed by atoms with Crippen molar-refractivity contribution in [3.63, 3.8) is 0 Å². The molecule has 1 aromatic rings. The molecule has 1 N–H and O–H groups in total. The average Bonchev–Trinajstić information content (AvgIpc) is 2.39. The Morgan fingerprint density at radius 1 is 1.50 bits per heavy atom. The van der Waals surface area contributed by atoms with E-state index in [4.69, 9.17) is 11.6 Å². The molecule has 0 spiro atoms. The summed E-state index contributed by atoms with van der Waals surface area (Å²) in [4.78, 5) is 12.3. The van der Waals surface area contributed by atoms with E-state index in [0.717, 1.165) is 31.7 Å². The Morgan fingerprint density at radius 3 is 2.95 bits per heavy atom. The maximum absolute atomic E-state index is 12.3. The van der Waals surface area contributed by atoms with Gasteiger partial charge in [0.2, 0.25) is 0 Å². The summed E-state index contributed by atoms with van der Waals surface area (Å²) in [6, 6.07) is 0. The number of thioether (sulfide) groups is 1. The second-order valence-electron chi connectivity index (χ2n) is 5.28. The lowest BCUT2D eigenvalue weighted by molar-refractivity contribution is 0.262. The maximum atomic E-state index is 12.3. The molecule has 0 amide bonds. The molecule has 0 aliphatic heterocycles. The van der Waals surface area contributed by atoms with Crippen molar-refractivity contribution in [2.75, 3.05) is 23.9 Å². The van der Waals surface area contributed by atoms with Gasteiger partial charge in [0.15, 0.2) is 0 Å². The van der Waals surface area contributed by atoms with Gasteiger partial charge in [-0.1, -0.05) is 18.0 Å². The minimum atomic E-state index is -0.0886. The summed E-state index contributed by atoms with van der Waals surface area (Å²) >= 11 is 7.93.